The first-order valence-electron chi connectivity index (χ1n) is 4.65. The van der Waals surface area contributed by atoms with Crippen LogP contribution in [-0.2, 0) is 19.1 Å². The molecule has 2 bridgehead atoms. The molecule has 80 valence electrons. The number of carbonyl (C=O) groups is 1. The Morgan fingerprint density at radius 2 is 2.07 bits per heavy atom. The van der Waals surface area contributed by atoms with E-state index in [9.17, 15) is 4.79 Å². The Kier molecular flexibility index (Phi) is 2.35. The van der Waals surface area contributed by atoms with Gasteiger partial charge in [-0.05, 0) is 0 Å². The number of fused-ring (bicyclic) bond motifs is 2. The van der Waals surface area contributed by atoms with Crippen molar-refractivity contribution < 1.29 is 19.1 Å². The molecule has 5 heteroatoms. The van der Waals surface area contributed by atoms with Crippen LogP contribution in [0.1, 0.15) is 12.8 Å². The van der Waals surface area contributed by atoms with Crippen LogP contribution >= 0.6 is 0 Å². The number of hydrogen-bond donors (Lipinski definition) is 0. The van der Waals surface area contributed by atoms with Crippen LogP contribution in [0.15, 0.2) is 0 Å². The van der Waals surface area contributed by atoms with E-state index in [0.717, 1.165) is 0 Å². The maximum absolute atomic E-state index is 11.4. The molecular weight excluding hydrogens is 186 g/mol. The van der Waals surface area contributed by atoms with Gasteiger partial charge in [0, 0.05) is 34.1 Å². The number of nitrogens with zero attached hydrogens (tertiary/aromatic N) is 1. The molecule has 0 aromatic rings. The lowest BCUT2D eigenvalue weighted by Crippen LogP contribution is -2.56. The van der Waals surface area contributed by atoms with Crippen molar-refractivity contribution in [2.45, 2.75) is 30.8 Å². The Balaban J connectivity index is 2.32. The van der Waals surface area contributed by atoms with E-state index >= 15 is 0 Å². The van der Waals surface area contributed by atoms with E-state index in [1.165, 1.54) is 0 Å². The molecule has 1 aliphatic heterocycles. The molecule has 0 aromatic heterocycles. The van der Waals surface area contributed by atoms with E-state index in [0.29, 0.717) is 12.8 Å². The monoisotopic (exact) mass is 201 g/mol. The zero-order valence-corrected chi connectivity index (χ0v) is 8.65. The van der Waals surface area contributed by atoms with Crippen LogP contribution in [0.4, 0.5) is 0 Å². The molecule has 1 heterocycles. The summed E-state index contributed by atoms with van der Waals surface area (Å²) in [4.78, 5) is 16.9. The molecule has 1 aliphatic carbocycles. The van der Waals surface area contributed by atoms with Crippen molar-refractivity contribution >= 4 is 5.78 Å². The van der Waals surface area contributed by atoms with Gasteiger partial charge in [0.25, 0.3) is 0 Å². The summed E-state index contributed by atoms with van der Waals surface area (Å²) in [5.74, 6) is -0.572. The smallest absolute Gasteiger partial charge is 0.215 e. The Labute approximate surface area is 82.9 Å². The Bertz CT molecular complexity index is 251. The molecule has 5 nitrogen and oxygen atoms in total. The first kappa shape index (κ1) is 10.0. The normalized spacial score (nSPS) is 36.4. The molecule has 0 amide bonds. The topological polar surface area (TPSA) is 48.0 Å². The Morgan fingerprint density at radius 3 is 2.57 bits per heavy atom. The lowest BCUT2D eigenvalue weighted by atomic mass is 9.87. The number of hydroxylamine groups is 2. The third-order valence-electron chi connectivity index (χ3n) is 3.12. The number of hydrogen-bond acceptors (Lipinski definition) is 5. The molecule has 0 N–H and O–H groups in total. The Hall–Kier alpha value is -0.490. The van der Waals surface area contributed by atoms with E-state index in [2.05, 4.69) is 0 Å². The highest BCUT2D eigenvalue weighted by atomic mass is 16.8. The minimum absolute atomic E-state index is 0.135. The van der Waals surface area contributed by atoms with Crippen molar-refractivity contribution in [3.8, 4) is 0 Å². The lowest BCUT2D eigenvalue weighted by molar-refractivity contribution is -0.244. The fourth-order valence-corrected chi connectivity index (χ4v) is 2.39. The minimum atomic E-state index is -0.775. The van der Waals surface area contributed by atoms with E-state index in [1.807, 2.05) is 0 Å². The van der Waals surface area contributed by atoms with Crippen molar-refractivity contribution in [2.75, 3.05) is 21.3 Å². The predicted octanol–water partition coefficient (Wildman–Crippen LogP) is -0.0474. The number of carbonyl (C=O) groups excluding carboxylic acids is 1. The van der Waals surface area contributed by atoms with Crippen molar-refractivity contribution in [3.05, 3.63) is 0 Å². The first-order valence-corrected chi connectivity index (χ1v) is 4.65. The molecule has 0 unspecified atom stereocenters. The van der Waals surface area contributed by atoms with Crippen LogP contribution < -0.4 is 0 Å². The lowest BCUT2D eigenvalue weighted by Gasteiger charge is -2.37. The maximum atomic E-state index is 11.4. The third kappa shape index (κ3) is 1.13. The van der Waals surface area contributed by atoms with Gasteiger partial charge in [-0.3, -0.25) is 9.63 Å². The molecule has 0 spiro atoms. The second-order valence-corrected chi connectivity index (χ2v) is 3.73. The van der Waals surface area contributed by atoms with Gasteiger partial charge in [0.2, 0.25) is 5.79 Å². The zero-order valence-electron chi connectivity index (χ0n) is 8.65. The van der Waals surface area contributed by atoms with Crippen LogP contribution in [0.3, 0.4) is 0 Å². The van der Waals surface area contributed by atoms with E-state index in [4.69, 9.17) is 14.3 Å². The summed E-state index contributed by atoms with van der Waals surface area (Å²) < 4.78 is 10.8. The van der Waals surface area contributed by atoms with Crippen LogP contribution in [0.5, 0.6) is 0 Å². The number of likely N-dealkylation sites (N-methyl/N-ethyl adjacent to an activating group) is 1. The van der Waals surface area contributed by atoms with Gasteiger partial charge in [0.15, 0.2) is 0 Å². The summed E-state index contributed by atoms with van der Waals surface area (Å²) in [6.07, 6.45) is 0.478. The summed E-state index contributed by atoms with van der Waals surface area (Å²) in [6, 6.07) is -0.135. The van der Waals surface area contributed by atoms with Crippen molar-refractivity contribution in [2.24, 2.45) is 0 Å². The van der Waals surface area contributed by atoms with E-state index in [1.54, 1.807) is 26.3 Å². The summed E-state index contributed by atoms with van der Waals surface area (Å²) in [7, 11) is 4.97. The van der Waals surface area contributed by atoms with Crippen LogP contribution in [0, 0.1) is 0 Å². The molecule has 1 saturated heterocycles. The van der Waals surface area contributed by atoms with Gasteiger partial charge in [-0.15, -0.1) is 0 Å². The number of rotatable bonds is 2. The quantitative estimate of drug-likeness (QED) is 0.586. The minimum Gasteiger partial charge on any atom is -0.349 e. The van der Waals surface area contributed by atoms with Gasteiger partial charge in [0.05, 0.1) is 6.04 Å². The van der Waals surface area contributed by atoms with Crippen LogP contribution in [0.2, 0.25) is 0 Å². The third-order valence-corrected chi connectivity index (χ3v) is 3.12. The summed E-state index contributed by atoms with van der Waals surface area (Å²) in [5.41, 5.74) is 0. The summed E-state index contributed by atoms with van der Waals surface area (Å²) >= 11 is 0. The van der Waals surface area contributed by atoms with Gasteiger partial charge in [-0.25, -0.2) is 0 Å². The second-order valence-electron chi connectivity index (χ2n) is 3.73. The molecule has 1 saturated carbocycles. The number of methoxy groups -OCH3 is 2. The summed E-state index contributed by atoms with van der Waals surface area (Å²) in [6.45, 7) is 0. The highest BCUT2D eigenvalue weighted by molar-refractivity contribution is 5.81. The van der Waals surface area contributed by atoms with Gasteiger partial charge >= 0.3 is 0 Å². The Morgan fingerprint density at radius 1 is 1.43 bits per heavy atom. The standard InChI is InChI=1S/C9H15NO4/c1-10-7-4-6(11)5-8(14-10)9(7,12-2)13-3/h7-8H,4-5H2,1-3H3/t7-,8-/m1/s1. The van der Waals surface area contributed by atoms with E-state index in [-0.39, 0.29) is 17.9 Å². The van der Waals surface area contributed by atoms with Gasteiger partial charge in [-0.1, -0.05) is 0 Å². The molecule has 2 fully saturated rings. The predicted molar refractivity (Wildman–Crippen MR) is 47.4 cm³/mol. The van der Waals surface area contributed by atoms with Gasteiger partial charge in [-0.2, -0.15) is 5.06 Å². The second kappa shape index (κ2) is 3.27. The molecular formula is C9H15NO4. The fourth-order valence-electron chi connectivity index (χ4n) is 2.39. The van der Waals surface area contributed by atoms with Crippen molar-refractivity contribution in [1.29, 1.82) is 0 Å². The largest absolute Gasteiger partial charge is 0.349 e. The highest BCUT2D eigenvalue weighted by Crippen LogP contribution is 2.41. The molecule has 0 radical (unpaired) electrons. The van der Waals surface area contributed by atoms with Crippen LogP contribution in [0.25, 0.3) is 0 Å². The molecule has 0 aromatic carbocycles. The van der Waals surface area contributed by atoms with Crippen LogP contribution in [-0.4, -0.2) is 50.0 Å². The molecule has 2 rings (SSSR count). The SMILES string of the molecule is COC1(OC)[C@H]2CC(=O)C[C@H]1N(C)O2. The highest BCUT2D eigenvalue weighted by Gasteiger charge is 2.60. The summed E-state index contributed by atoms with van der Waals surface area (Å²) in [5, 5.41) is 1.67. The first-order chi connectivity index (χ1) is 6.64. The van der Waals surface area contributed by atoms with Crippen molar-refractivity contribution in [3.63, 3.8) is 0 Å². The van der Waals surface area contributed by atoms with Crippen molar-refractivity contribution in [1.82, 2.24) is 5.06 Å². The number of ether oxygens (including phenoxy) is 2. The molecule has 2 aliphatic rings. The molecule has 2 atom stereocenters. The van der Waals surface area contributed by atoms with Gasteiger partial charge < -0.3 is 9.47 Å². The number of ketones is 1. The zero-order chi connectivity index (χ0) is 10.3. The average Bonchev–Trinajstić information content (AvgIpc) is 2.30. The number of Topliss-reactive ketones (excluding diaryl/α,β-unsaturated/α-hetero) is 1. The average molecular weight is 201 g/mol. The van der Waals surface area contributed by atoms with Gasteiger partial charge in [0.1, 0.15) is 11.9 Å². The maximum Gasteiger partial charge on any atom is 0.215 e. The molecule has 14 heavy (non-hydrogen) atoms. The van der Waals surface area contributed by atoms with E-state index < -0.39 is 5.79 Å². The fraction of sp³-hybridized carbons (Fsp3) is 0.889.